The van der Waals surface area contributed by atoms with E-state index in [1.807, 2.05) is 6.92 Å². The molecule has 0 fully saturated rings. The smallest absolute Gasteiger partial charge is 0.268 e. The molecule has 0 aliphatic rings. The van der Waals surface area contributed by atoms with Crippen molar-refractivity contribution in [2.24, 2.45) is 0 Å². The van der Waals surface area contributed by atoms with E-state index in [0.29, 0.717) is 11.4 Å². The van der Waals surface area contributed by atoms with Gasteiger partial charge in [-0.1, -0.05) is 6.07 Å². The zero-order valence-corrected chi connectivity index (χ0v) is 9.12. The molecule has 0 radical (unpaired) electrons. The van der Waals surface area contributed by atoms with Gasteiger partial charge in [-0.25, -0.2) is 0 Å². The average Bonchev–Trinajstić information content (AvgIpc) is 2.07. The normalized spacial score (nSPS) is 11.3. The number of ether oxygens (including phenoxy) is 1. The van der Waals surface area contributed by atoms with E-state index in [4.69, 9.17) is 15.0 Å². The van der Waals surface area contributed by atoms with Gasteiger partial charge in [-0.3, -0.25) is 4.55 Å². The number of aryl methyl sites for hydroxylation is 1. The van der Waals surface area contributed by atoms with E-state index in [9.17, 15) is 8.42 Å². The summed E-state index contributed by atoms with van der Waals surface area (Å²) in [7, 11) is -3.98. The second-order valence-corrected chi connectivity index (χ2v) is 4.75. The third-order valence-electron chi connectivity index (χ3n) is 1.76. The molecule has 5 nitrogen and oxygen atoms in total. The zero-order chi connectivity index (χ0) is 11.5. The van der Waals surface area contributed by atoms with Gasteiger partial charge in [-0.15, -0.1) is 0 Å². The number of benzene rings is 1. The van der Waals surface area contributed by atoms with E-state index >= 15 is 0 Å². The predicted molar refractivity (Wildman–Crippen MR) is 57.5 cm³/mol. The predicted octanol–water partition coefficient (Wildman–Crippen LogP) is 0.844. The Kier molecular flexibility index (Phi) is 3.54. The van der Waals surface area contributed by atoms with Crippen molar-refractivity contribution in [2.75, 3.05) is 18.1 Å². The molecule has 0 atom stereocenters. The molecule has 0 saturated heterocycles. The van der Waals surface area contributed by atoms with E-state index in [1.54, 1.807) is 18.2 Å². The molecule has 1 aromatic rings. The van der Waals surface area contributed by atoms with Crippen LogP contribution in [0.5, 0.6) is 5.75 Å². The molecule has 1 aromatic carbocycles. The Labute approximate surface area is 88.6 Å². The van der Waals surface area contributed by atoms with Gasteiger partial charge in [-0.05, 0) is 24.6 Å². The maximum absolute atomic E-state index is 10.4. The highest BCUT2D eigenvalue weighted by Gasteiger charge is 2.06. The monoisotopic (exact) mass is 231 g/mol. The van der Waals surface area contributed by atoms with E-state index in [-0.39, 0.29) is 6.61 Å². The van der Waals surface area contributed by atoms with Crippen LogP contribution in [-0.4, -0.2) is 25.3 Å². The van der Waals surface area contributed by atoms with Gasteiger partial charge in [0.05, 0.1) is 5.69 Å². The maximum Gasteiger partial charge on any atom is 0.268 e. The van der Waals surface area contributed by atoms with Crippen molar-refractivity contribution in [2.45, 2.75) is 6.92 Å². The van der Waals surface area contributed by atoms with E-state index in [1.165, 1.54) is 0 Å². The summed E-state index contributed by atoms with van der Waals surface area (Å²) in [4.78, 5) is 0. The van der Waals surface area contributed by atoms with Gasteiger partial charge >= 0.3 is 0 Å². The summed E-state index contributed by atoms with van der Waals surface area (Å²) >= 11 is 0. The fraction of sp³-hybridized carbons (Fsp3) is 0.333. The Morgan fingerprint density at radius 3 is 2.67 bits per heavy atom. The molecule has 0 aromatic heterocycles. The lowest BCUT2D eigenvalue weighted by Gasteiger charge is -2.08. The van der Waals surface area contributed by atoms with Crippen LogP contribution in [0.25, 0.3) is 0 Å². The number of nitrogen functional groups attached to an aromatic ring is 1. The second kappa shape index (κ2) is 4.50. The third kappa shape index (κ3) is 4.18. The number of hydrogen-bond acceptors (Lipinski definition) is 4. The number of rotatable bonds is 4. The van der Waals surface area contributed by atoms with Crippen molar-refractivity contribution in [3.8, 4) is 5.75 Å². The molecule has 6 heteroatoms. The van der Waals surface area contributed by atoms with E-state index in [2.05, 4.69) is 0 Å². The van der Waals surface area contributed by atoms with Crippen molar-refractivity contribution in [1.82, 2.24) is 0 Å². The number of hydrogen-bond donors (Lipinski definition) is 2. The largest absolute Gasteiger partial charge is 0.490 e. The van der Waals surface area contributed by atoms with Gasteiger partial charge in [0, 0.05) is 0 Å². The fourth-order valence-corrected chi connectivity index (χ4v) is 1.35. The fourth-order valence-electron chi connectivity index (χ4n) is 1.06. The van der Waals surface area contributed by atoms with Crippen LogP contribution in [-0.2, 0) is 10.1 Å². The SMILES string of the molecule is Cc1ccc(OCCS(=O)(=O)O)c(N)c1. The molecule has 0 aliphatic heterocycles. The first-order valence-electron chi connectivity index (χ1n) is 4.32. The summed E-state index contributed by atoms with van der Waals surface area (Å²) in [6, 6.07) is 5.19. The molecule has 0 amide bonds. The Bertz CT molecular complexity index is 441. The number of anilines is 1. The van der Waals surface area contributed by atoms with Gasteiger partial charge in [-0.2, -0.15) is 8.42 Å². The van der Waals surface area contributed by atoms with E-state index in [0.717, 1.165) is 5.56 Å². The highest BCUT2D eigenvalue weighted by molar-refractivity contribution is 7.85. The quantitative estimate of drug-likeness (QED) is 0.592. The summed E-state index contributed by atoms with van der Waals surface area (Å²) < 4.78 is 34.4. The average molecular weight is 231 g/mol. The van der Waals surface area contributed by atoms with Gasteiger partial charge in [0.1, 0.15) is 18.1 Å². The van der Waals surface area contributed by atoms with Crippen LogP contribution in [0, 0.1) is 6.92 Å². The minimum atomic E-state index is -3.98. The van der Waals surface area contributed by atoms with Gasteiger partial charge in [0.25, 0.3) is 10.1 Å². The van der Waals surface area contributed by atoms with E-state index < -0.39 is 15.9 Å². The minimum absolute atomic E-state index is 0.119. The summed E-state index contributed by atoms with van der Waals surface area (Å²) in [5, 5.41) is 0. The molecule has 84 valence electrons. The lowest BCUT2D eigenvalue weighted by atomic mass is 10.2. The summed E-state index contributed by atoms with van der Waals surface area (Å²) in [6.45, 7) is 1.77. The van der Waals surface area contributed by atoms with Crippen LogP contribution < -0.4 is 10.5 Å². The molecule has 0 spiro atoms. The standard InChI is InChI=1S/C9H13NO4S/c1-7-2-3-9(8(10)6-7)14-4-5-15(11,12)13/h2-3,6H,4-5,10H2,1H3,(H,11,12,13). The lowest BCUT2D eigenvalue weighted by Crippen LogP contribution is -2.13. The van der Waals surface area contributed by atoms with Crippen LogP contribution >= 0.6 is 0 Å². The Morgan fingerprint density at radius 2 is 2.13 bits per heavy atom. The van der Waals surface area contributed by atoms with Crippen molar-refractivity contribution in [3.63, 3.8) is 0 Å². The molecule has 0 bridgehead atoms. The molecule has 15 heavy (non-hydrogen) atoms. The third-order valence-corrected chi connectivity index (χ3v) is 2.45. The molecule has 0 saturated carbocycles. The summed E-state index contributed by atoms with van der Waals surface area (Å²) in [5.41, 5.74) is 7.08. The molecule has 1 rings (SSSR count). The zero-order valence-electron chi connectivity index (χ0n) is 8.30. The highest BCUT2D eigenvalue weighted by atomic mass is 32.2. The van der Waals surface area contributed by atoms with Gasteiger partial charge in [0.2, 0.25) is 0 Å². The van der Waals surface area contributed by atoms with Crippen molar-refractivity contribution >= 4 is 15.8 Å². The first-order chi connectivity index (χ1) is 6.88. The topological polar surface area (TPSA) is 89.6 Å². The minimum Gasteiger partial charge on any atom is -0.490 e. The summed E-state index contributed by atoms with van der Waals surface area (Å²) in [5.74, 6) is -0.0235. The second-order valence-electron chi connectivity index (χ2n) is 3.18. The number of nitrogens with two attached hydrogens (primary N) is 1. The first kappa shape index (κ1) is 11.8. The molecule has 0 unspecified atom stereocenters. The van der Waals surface area contributed by atoms with Gasteiger partial charge < -0.3 is 10.5 Å². The lowest BCUT2D eigenvalue weighted by molar-refractivity contribution is 0.337. The summed E-state index contributed by atoms with van der Waals surface area (Å²) in [6.07, 6.45) is 0. The molecular weight excluding hydrogens is 218 g/mol. The maximum atomic E-state index is 10.4. The van der Waals surface area contributed by atoms with Gasteiger partial charge in [0.15, 0.2) is 0 Å². The van der Waals surface area contributed by atoms with Crippen molar-refractivity contribution in [1.29, 1.82) is 0 Å². The highest BCUT2D eigenvalue weighted by Crippen LogP contribution is 2.21. The van der Waals surface area contributed by atoms with Crippen LogP contribution in [0.1, 0.15) is 5.56 Å². The molecule has 0 aliphatic carbocycles. The Hall–Kier alpha value is -1.27. The Balaban J connectivity index is 2.59. The van der Waals surface area contributed by atoms with Crippen LogP contribution in [0.4, 0.5) is 5.69 Å². The first-order valence-corrected chi connectivity index (χ1v) is 5.93. The van der Waals surface area contributed by atoms with Crippen molar-refractivity contribution < 1.29 is 17.7 Å². The van der Waals surface area contributed by atoms with Crippen LogP contribution in [0.2, 0.25) is 0 Å². The van der Waals surface area contributed by atoms with Crippen LogP contribution in [0.3, 0.4) is 0 Å². The molecule has 0 heterocycles. The van der Waals surface area contributed by atoms with Crippen LogP contribution in [0.15, 0.2) is 18.2 Å². The Morgan fingerprint density at radius 1 is 1.47 bits per heavy atom. The molecular formula is C9H13NO4S. The van der Waals surface area contributed by atoms with Crippen molar-refractivity contribution in [3.05, 3.63) is 23.8 Å². The molecule has 3 N–H and O–H groups in total.